The number of benzene rings is 3. The van der Waals surface area contributed by atoms with Gasteiger partial charge in [-0.1, -0.05) is 18.2 Å². The van der Waals surface area contributed by atoms with Gasteiger partial charge in [0.05, 0.1) is 16.6 Å². The van der Waals surface area contributed by atoms with Crippen molar-refractivity contribution >= 4 is 22.2 Å². The highest BCUT2D eigenvalue weighted by molar-refractivity contribution is 5.84. The Labute approximate surface area is 159 Å². The van der Waals surface area contributed by atoms with Crippen LogP contribution in [0.2, 0.25) is 0 Å². The van der Waals surface area contributed by atoms with Crippen LogP contribution in [0.25, 0.3) is 27.8 Å². The van der Waals surface area contributed by atoms with Crippen molar-refractivity contribution in [3.8, 4) is 22.8 Å². The summed E-state index contributed by atoms with van der Waals surface area (Å²) < 4.78 is 7.55. The molecular formula is C22H16N4O2. The zero-order valence-corrected chi connectivity index (χ0v) is 14.8. The molecule has 0 aliphatic heterocycles. The molecule has 0 amide bonds. The Morgan fingerprint density at radius 3 is 2.43 bits per heavy atom. The lowest BCUT2D eigenvalue weighted by Crippen LogP contribution is -2.10. The minimum absolute atomic E-state index is 0.187. The van der Waals surface area contributed by atoms with Gasteiger partial charge in [0, 0.05) is 17.3 Å². The van der Waals surface area contributed by atoms with E-state index in [1.165, 1.54) is 0 Å². The van der Waals surface area contributed by atoms with Crippen LogP contribution < -0.4 is 16.0 Å². The minimum Gasteiger partial charge on any atom is -0.457 e. The Hall–Kier alpha value is -4.06. The summed E-state index contributed by atoms with van der Waals surface area (Å²) in [5.41, 5.74) is 9.18. The summed E-state index contributed by atoms with van der Waals surface area (Å²) in [6.45, 7) is 0. The van der Waals surface area contributed by atoms with E-state index in [1.807, 2.05) is 60.7 Å². The third kappa shape index (κ3) is 2.77. The van der Waals surface area contributed by atoms with E-state index in [0.29, 0.717) is 22.2 Å². The zero-order valence-electron chi connectivity index (χ0n) is 14.8. The van der Waals surface area contributed by atoms with Crippen molar-refractivity contribution in [3.63, 3.8) is 0 Å². The zero-order chi connectivity index (χ0) is 19.1. The molecule has 2 heterocycles. The second kappa shape index (κ2) is 6.28. The highest BCUT2D eigenvalue weighted by Crippen LogP contribution is 2.26. The van der Waals surface area contributed by atoms with Gasteiger partial charge in [-0.15, -0.1) is 0 Å². The number of hydrogen-bond acceptors (Lipinski definition) is 4. The SMILES string of the molecule is Nc1ccc2c(c1)c(=O)[nH]c1cc(-c3ccc(Oc4ccccc4)cc3)nn12. The summed E-state index contributed by atoms with van der Waals surface area (Å²) in [5.74, 6) is 1.53. The number of aromatic amines is 1. The number of fused-ring (bicyclic) bond motifs is 3. The lowest BCUT2D eigenvalue weighted by Gasteiger charge is -2.05. The van der Waals surface area contributed by atoms with Gasteiger partial charge in [-0.2, -0.15) is 5.10 Å². The molecule has 0 fully saturated rings. The maximum atomic E-state index is 12.3. The quantitative estimate of drug-likeness (QED) is 0.467. The fourth-order valence-corrected chi connectivity index (χ4v) is 3.22. The molecule has 3 N–H and O–H groups in total. The van der Waals surface area contributed by atoms with Crippen molar-refractivity contribution in [2.45, 2.75) is 0 Å². The highest BCUT2D eigenvalue weighted by Gasteiger charge is 2.10. The van der Waals surface area contributed by atoms with Crippen molar-refractivity contribution in [3.05, 3.63) is 89.2 Å². The largest absolute Gasteiger partial charge is 0.457 e. The maximum Gasteiger partial charge on any atom is 0.259 e. The highest BCUT2D eigenvalue weighted by atomic mass is 16.5. The van der Waals surface area contributed by atoms with Crippen LogP contribution >= 0.6 is 0 Å². The van der Waals surface area contributed by atoms with E-state index in [9.17, 15) is 4.79 Å². The van der Waals surface area contributed by atoms with Crippen LogP contribution in [0.1, 0.15) is 0 Å². The Morgan fingerprint density at radius 1 is 0.893 bits per heavy atom. The number of rotatable bonds is 3. The average Bonchev–Trinajstić information content (AvgIpc) is 3.13. The number of hydrogen-bond donors (Lipinski definition) is 2. The molecule has 0 unspecified atom stereocenters. The Bertz CT molecular complexity index is 1350. The van der Waals surface area contributed by atoms with Gasteiger partial charge >= 0.3 is 0 Å². The van der Waals surface area contributed by atoms with Crippen LogP contribution in [0.5, 0.6) is 11.5 Å². The Balaban J connectivity index is 1.54. The molecule has 0 spiro atoms. The van der Waals surface area contributed by atoms with Crippen LogP contribution in [-0.4, -0.2) is 14.6 Å². The average molecular weight is 368 g/mol. The van der Waals surface area contributed by atoms with E-state index in [0.717, 1.165) is 22.8 Å². The second-order valence-corrected chi connectivity index (χ2v) is 6.50. The number of nitrogen functional groups attached to an aromatic ring is 1. The summed E-state index contributed by atoms with van der Waals surface area (Å²) in [7, 11) is 0. The number of ether oxygens (including phenoxy) is 1. The van der Waals surface area contributed by atoms with E-state index in [2.05, 4.69) is 10.1 Å². The maximum absolute atomic E-state index is 12.3. The lowest BCUT2D eigenvalue weighted by atomic mass is 10.1. The first-order valence-electron chi connectivity index (χ1n) is 8.82. The van der Waals surface area contributed by atoms with Crippen molar-refractivity contribution in [1.29, 1.82) is 0 Å². The van der Waals surface area contributed by atoms with Crippen LogP contribution in [-0.2, 0) is 0 Å². The Kier molecular flexibility index (Phi) is 3.62. The number of nitrogens with zero attached hydrogens (tertiary/aromatic N) is 2. The van der Waals surface area contributed by atoms with Crippen molar-refractivity contribution in [1.82, 2.24) is 14.6 Å². The van der Waals surface area contributed by atoms with E-state index >= 15 is 0 Å². The predicted molar refractivity (Wildman–Crippen MR) is 110 cm³/mol. The van der Waals surface area contributed by atoms with Crippen molar-refractivity contribution in [2.75, 3.05) is 5.73 Å². The minimum atomic E-state index is -0.187. The normalized spacial score (nSPS) is 11.1. The van der Waals surface area contributed by atoms with Crippen molar-refractivity contribution < 1.29 is 4.74 Å². The lowest BCUT2D eigenvalue weighted by molar-refractivity contribution is 0.483. The number of nitrogens with one attached hydrogen (secondary N) is 1. The van der Waals surface area contributed by atoms with Gasteiger partial charge < -0.3 is 15.5 Å². The molecule has 0 radical (unpaired) electrons. The molecule has 0 bridgehead atoms. The summed E-state index contributed by atoms with van der Waals surface area (Å²) in [5, 5.41) is 5.17. The van der Waals surface area contributed by atoms with E-state index in [1.54, 1.807) is 22.7 Å². The molecule has 0 saturated carbocycles. The number of aromatic nitrogens is 3. The van der Waals surface area contributed by atoms with Gasteiger partial charge in [-0.05, 0) is 54.6 Å². The molecule has 28 heavy (non-hydrogen) atoms. The molecule has 5 aromatic rings. The second-order valence-electron chi connectivity index (χ2n) is 6.50. The topological polar surface area (TPSA) is 85.4 Å². The molecule has 3 aromatic carbocycles. The fourth-order valence-electron chi connectivity index (χ4n) is 3.22. The molecule has 5 rings (SSSR count). The molecule has 0 aliphatic carbocycles. The molecule has 0 atom stereocenters. The number of para-hydroxylation sites is 1. The first-order chi connectivity index (χ1) is 13.7. The smallest absolute Gasteiger partial charge is 0.259 e. The van der Waals surface area contributed by atoms with Gasteiger partial charge in [0.1, 0.15) is 17.1 Å². The molecule has 6 heteroatoms. The Morgan fingerprint density at radius 2 is 1.64 bits per heavy atom. The van der Waals surface area contributed by atoms with Crippen LogP contribution in [0.4, 0.5) is 5.69 Å². The van der Waals surface area contributed by atoms with E-state index in [-0.39, 0.29) is 5.56 Å². The summed E-state index contributed by atoms with van der Waals surface area (Å²) in [6.07, 6.45) is 0. The van der Waals surface area contributed by atoms with Gasteiger partial charge in [0.15, 0.2) is 0 Å². The van der Waals surface area contributed by atoms with Gasteiger partial charge in [0.25, 0.3) is 5.56 Å². The van der Waals surface area contributed by atoms with E-state index in [4.69, 9.17) is 10.5 Å². The molecule has 6 nitrogen and oxygen atoms in total. The molecule has 136 valence electrons. The van der Waals surface area contributed by atoms with Crippen molar-refractivity contribution in [2.24, 2.45) is 0 Å². The third-order valence-electron chi connectivity index (χ3n) is 4.57. The first-order valence-corrected chi connectivity index (χ1v) is 8.82. The van der Waals surface area contributed by atoms with E-state index < -0.39 is 0 Å². The fraction of sp³-hybridized carbons (Fsp3) is 0. The number of anilines is 1. The molecule has 0 saturated heterocycles. The number of nitrogens with two attached hydrogens (primary N) is 1. The van der Waals surface area contributed by atoms with Crippen LogP contribution in [0.3, 0.4) is 0 Å². The number of H-pyrrole nitrogens is 1. The molecular weight excluding hydrogens is 352 g/mol. The van der Waals surface area contributed by atoms with Gasteiger partial charge in [-0.25, -0.2) is 4.52 Å². The summed E-state index contributed by atoms with van der Waals surface area (Å²) in [4.78, 5) is 15.2. The standard InChI is InChI=1S/C22H16N4O2/c23-15-8-11-20-18(12-15)22(27)24-21-13-19(25-26(20)21)14-6-9-17(10-7-14)28-16-4-2-1-3-5-16/h1-13H,23H2,(H,24,27). The van der Waals surface area contributed by atoms with Gasteiger partial charge in [-0.3, -0.25) is 4.79 Å². The van der Waals surface area contributed by atoms with Crippen LogP contribution in [0.15, 0.2) is 83.7 Å². The third-order valence-corrected chi connectivity index (χ3v) is 4.57. The summed E-state index contributed by atoms with van der Waals surface area (Å²) >= 11 is 0. The molecule has 2 aromatic heterocycles. The summed E-state index contributed by atoms with van der Waals surface area (Å²) in [6, 6.07) is 24.4. The monoisotopic (exact) mass is 368 g/mol. The molecule has 0 aliphatic rings. The predicted octanol–water partition coefficient (Wildman–Crippen LogP) is 4.22. The van der Waals surface area contributed by atoms with Crippen LogP contribution in [0, 0.1) is 0 Å². The first kappa shape index (κ1) is 16.1. The van der Waals surface area contributed by atoms with Gasteiger partial charge in [0.2, 0.25) is 0 Å².